The first kappa shape index (κ1) is 25.0. The van der Waals surface area contributed by atoms with Crippen molar-refractivity contribution in [3.63, 3.8) is 0 Å². The molecule has 1 atom stereocenters. The molecule has 1 fully saturated rings. The maximum atomic E-state index is 13.2. The van der Waals surface area contributed by atoms with Gasteiger partial charge in [-0.1, -0.05) is 24.3 Å². The number of anilines is 3. The van der Waals surface area contributed by atoms with E-state index in [4.69, 9.17) is 10.5 Å². The van der Waals surface area contributed by atoms with Gasteiger partial charge < -0.3 is 26.4 Å². The van der Waals surface area contributed by atoms with Crippen molar-refractivity contribution in [2.24, 2.45) is 0 Å². The van der Waals surface area contributed by atoms with Crippen molar-refractivity contribution in [2.45, 2.75) is 24.7 Å². The van der Waals surface area contributed by atoms with E-state index in [0.29, 0.717) is 24.4 Å². The number of amides is 2. The summed E-state index contributed by atoms with van der Waals surface area (Å²) in [7, 11) is 0. The van der Waals surface area contributed by atoms with E-state index in [2.05, 4.69) is 20.9 Å². The fraction of sp³-hybridized carbons (Fsp3) is 0.240. The van der Waals surface area contributed by atoms with E-state index in [1.165, 1.54) is 36.7 Å². The number of para-hydroxylation sites is 1. The second kappa shape index (κ2) is 10.2. The molecule has 0 radical (unpaired) electrons. The molecule has 1 aliphatic heterocycles. The van der Waals surface area contributed by atoms with E-state index >= 15 is 0 Å². The molecule has 11 heteroatoms. The maximum Gasteiger partial charge on any atom is 0.418 e. The van der Waals surface area contributed by atoms with Crippen LogP contribution in [0.1, 0.15) is 27.9 Å². The van der Waals surface area contributed by atoms with Crippen LogP contribution in [0.3, 0.4) is 0 Å². The van der Waals surface area contributed by atoms with Gasteiger partial charge in [-0.2, -0.15) is 13.2 Å². The molecule has 0 saturated carbocycles. The lowest BCUT2D eigenvalue weighted by molar-refractivity contribution is -0.137. The van der Waals surface area contributed by atoms with E-state index < -0.39 is 29.1 Å². The van der Waals surface area contributed by atoms with Gasteiger partial charge in [-0.05, 0) is 35.9 Å². The monoisotopic (exact) mass is 499 g/mol. The average Bonchev–Trinajstić information content (AvgIpc) is 3.33. The van der Waals surface area contributed by atoms with Crippen LogP contribution in [0.2, 0.25) is 0 Å². The molecule has 1 aromatic heterocycles. The van der Waals surface area contributed by atoms with Gasteiger partial charge in [0.05, 0.1) is 29.1 Å². The Hall–Kier alpha value is -4.12. The van der Waals surface area contributed by atoms with Gasteiger partial charge in [0.15, 0.2) is 0 Å². The highest BCUT2D eigenvalue weighted by molar-refractivity contribution is 5.99. The lowest BCUT2D eigenvalue weighted by Crippen LogP contribution is -2.59. The number of hydrogen-bond acceptors (Lipinski definition) is 6. The summed E-state index contributed by atoms with van der Waals surface area (Å²) in [6.07, 6.45) is -1.42. The fourth-order valence-electron chi connectivity index (χ4n) is 3.82. The van der Waals surface area contributed by atoms with Crippen molar-refractivity contribution >= 4 is 28.9 Å². The number of ether oxygens (including phenoxy) is 1. The molecule has 2 aromatic carbocycles. The molecule has 0 aliphatic carbocycles. The number of nitrogen functional groups attached to an aromatic ring is 1. The smallest absolute Gasteiger partial charge is 0.397 e. The number of nitrogens with one attached hydrogen (secondary N) is 3. The highest BCUT2D eigenvalue weighted by Gasteiger charge is 2.43. The number of carbonyl (C=O) groups is 2. The third kappa shape index (κ3) is 5.74. The topological polar surface area (TPSA) is 118 Å². The van der Waals surface area contributed by atoms with Crippen LogP contribution in [-0.2, 0) is 22.3 Å². The van der Waals surface area contributed by atoms with E-state index in [-0.39, 0.29) is 24.4 Å². The van der Waals surface area contributed by atoms with Crippen LogP contribution in [-0.4, -0.2) is 35.6 Å². The summed E-state index contributed by atoms with van der Waals surface area (Å²) >= 11 is 0. The number of benzene rings is 2. The molecule has 4 rings (SSSR count). The van der Waals surface area contributed by atoms with Gasteiger partial charge in [0.2, 0.25) is 5.91 Å². The molecule has 1 unspecified atom stereocenters. The lowest BCUT2D eigenvalue weighted by Gasteiger charge is -2.27. The number of aromatic nitrogens is 1. The highest BCUT2D eigenvalue weighted by atomic mass is 19.4. The summed E-state index contributed by atoms with van der Waals surface area (Å²) in [6, 6.07) is 13.3. The Balaban J connectivity index is 1.39. The Morgan fingerprint density at radius 3 is 2.50 bits per heavy atom. The zero-order valence-corrected chi connectivity index (χ0v) is 19.1. The summed E-state index contributed by atoms with van der Waals surface area (Å²) < 4.78 is 45.1. The minimum Gasteiger partial charge on any atom is -0.397 e. The minimum absolute atomic E-state index is 0.0157. The largest absolute Gasteiger partial charge is 0.418 e. The van der Waals surface area contributed by atoms with E-state index in [0.717, 1.165) is 11.6 Å². The SMILES string of the molecule is Nc1cncc(C(=O)NC2(C(=O)NCc3ccc(Nc4ccccc4C(F)(F)F)cc3)CCOC2)c1. The predicted molar refractivity (Wildman–Crippen MR) is 127 cm³/mol. The van der Waals surface area contributed by atoms with E-state index in [1.807, 2.05) is 0 Å². The Morgan fingerprint density at radius 1 is 1.08 bits per heavy atom. The minimum atomic E-state index is -4.48. The number of pyridine rings is 1. The van der Waals surface area contributed by atoms with Crippen LogP contribution < -0.4 is 21.7 Å². The molecular weight excluding hydrogens is 475 g/mol. The first-order chi connectivity index (χ1) is 17.2. The molecular formula is C25H24F3N5O3. The summed E-state index contributed by atoms with van der Waals surface area (Å²) in [5, 5.41) is 8.33. The number of halogens is 3. The Morgan fingerprint density at radius 2 is 1.83 bits per heavy atom. The molecule has 8 nitrogen and oxygen atoms in total. The first-order valence-electron chi connectivity index (χ1n) is 11.1. The molecule has 2 amide bonds. The predicted octanol–water partition coefficient (Wildman–Crippen LogP) is 3.63. The van der Waals surface area contributed by atoms with Gasteiger partial charge in [-0.3, -0.25) is 14.6 Å². The summed E-state index contributed by atoms with van der Waals surface area (Å²) in [6.45, 7) is 0.472. The average molecular weight is 499 g/mol. The molecule has 5 N–H and O–H groups in total. The number of alkyl halides is 3. The number of hydrogen-bond donors (Lipinski definition) is 4. The van der Waals surface area contributed by atoms with Crippen molar-refractivity contribution in [1.29, 1.82) is 0 Å². The number of nitrogens with zero attached hydrogens (tertiary/aromatic N) is 1. The Bertz CT molecular complexity index is 1240. The normalized spacial score (nSPS) is 17.4. The van der Waals surface area contributed by atoms with Crippen molar-refractivity contribution in [3.8, 4) is 0 Å². The van der Waals surface area contributed by atoms with E-state index in [9.17, 15) is 22.8 Å². The molecule has 188 valence electrons. The molecule has 36 heavy (non-hydrogen) atoms. The molecule has 3 aromatic rings. The highest BCUT2D eigenvalue weighted by Crippen LogP contribution is 2.35. The third-order valence-corrected chi connectivity index (χ3v) is 5.75. The Labute approximate surface area is 205 Å². The number of carbonyl (C=O) groups excluding carboxylic acids is 2. The number of nitrogens with two attached hydrogens (primary N) is 1. The van der Waals surface area contributed by atoms with Crippen molar-refractivity contribution in [3.05, 3.63) is 83.7 Å². The second-order valence-electron chi connectivity index (χ2n) is 8.39. The number of rotatable bonds is 7. The van der Waals surface area contributed by atoms with Crippen molar-refractivity contribution < 1.29 is 27.5 Å². The molecule has 1 aliphatic rings. The van der Waals surface area contributed by atoms with Gasteiger partial charge >= 0.3 is 6.18 Å². The Kier molecular flexibility index (Phi) is 7.11. The van der Waals surface area contributed by atoms with E-state index in [1.54, 1.807) is 24.3 Å². The quantitative estimate of drug-likeness (QED) is 0.394. The van der Waals surface area contributed by atoms with Crippen molar-refractivity contribution in [2.75, 3.05) is 24.3 Å². The van der Waals surface area contributed by atoms with Crippen LogP contribution in [0, 0.1) is 0 Å². The van der Waals surface area contributed by atoms with Crippen LogP contribution >= 0.6 is 0 Å². The fourth-order valence-corrected chi connectivity index (χ4v) is 3.82. The van der Waals surface area contributed by atoms with Gasteiger partial charge in [0.25, 0.3) is 5.91 Å². The second-order valence-corrected chi connectivity index (χ2v) is 8.39. The van der Waals surface area contributed by atoms with Crippen LogP contribution in [0.5, 0.6) is 0 Å². The lowest BCUT2D eigenvalue weighted by atomic mass is 9.96. The maximum absolute atomic E-state index is 13.2. The molecule has 0 bridgehead atoms. The molecule has 2 heterocycles. The summed E-state index contributed by atoms with van der Waals surface area (Å²) in [5.41, 5.74) is 5.36. The van der Waals surface area contributed by atoms with Gasteiger partial charge in [0, 0.05) is 37.7 Å². The summed E-state index contributed by atoms with van der Waals surface area (Å²) in [4.78, 5) is 29.6. The van der Waals surface area contributed by atoms with Gasteiger partial charge in [0.1, 0.15) is 5.54 Å². The van der Waals surface area contributed by atoms with Crippen LogP contribution in [0.15, 0.2) is 67.0 Å². The van der Waals surface area contributed by atoms with Crippen LogP contribution in [0.4, 0.5) is 30.2 Å². The first-order valence-corrected chi connectivity index (χ1v) is 11.1. The summed E-state index contributed by atoms with van der Waals surface area (Å²) in [5.74, 6) is -0.906. The van der Waals surface area contributed by atoms with Crippen LogP contribution in [0.25, 0.3) is 0 Å². The zero-order chi connectivity index (χ0) is 25.8. The molecule has 1 saturated heterocycles. The van der Waals surface area contributed by atoms with Crippen molar-refractivity contribution in [1.82, 2.24) is 15.6 Å². The zero-order valence-electron chi connectivity index (χ0n) is 19.1. The molecule has 0 spiro atoms. The van der Waals surface area contributed by atoms with Gasteiger partial charge in [-0.25, -0.2) is 0 Å². The van der Waals surface area contributed by atoms with Gasteiger partial charge in [-0.15, -0.1) is 0 Å². The standard InChI is InChI=1S/C25H24F3N5O3/c26-25(27,28)20-3-1-2-4-21(20)32-19-7-5-16(6-8-19)12-31-23(35)24(9-10-36-15-24)33-22(34)17-11-18(29)14-30-13-17/h1-8,11,13-14,32H,9-10,12,15,29H2,(H,31,35)(H,33,34). The third-order valence-electron chi connectivity index (χ3n) is 5.75.